The van der Waals surface area contributed by atoms with Crippen LogP contribution in [0.2, 0.25) is 5.02 Å². The summed E-state index contributed by atoms with van der Waals surface area (Å²) in [5.41, 5.74) is 0.140. The Morgan fingerprint density at radius 3 is 2.38 bits per heavy atom. The molecule has 3 aromatic carbocycles. The lowest BCUT2D eigenvalue weighted by molar-refractivity contribution is -0.107. The van der Waals surface area contributed by atoms with Crippen LogP contribution in [0.1, 0.15) is 13.3 Å². The van der Waals surface area contributed by atoms with Gasteiger partial charge in [-0.3, -0.25) is 4.79 Å². The summed E-state index contributed by atoms with van der Waals surface area (Å²) in [4.78, 5) is 24.8. The Hall–Kier alpha value is -3.44. The van der Waals surface area contributed by atoms with Gasteiger partial charge < -0.3 is 20.3 Å². The van der Waals surface area contributed by atoms with E-state index < -0.39 is 41.0 Å². The molecular formula is C25H23ClF4N4O2S. The highest BCUT2D eigenvalue weighted by Crippen LogP contribution is 2.35. The number of para-hydroxylation sites is 1. The lowest BCUT2D eigenvalue weighted by Gasteiger charge is -2.22. The first-order valence-electron chi connectivity index (χ1n) is 11.0. The molecule has 0 spiro atoms. The van der Waals surface area contributed by atoms with E-state index in [2.05, 4.69) is 15.4 Å². The van der Waals surface area contributed by atoms with Crippen LogP contribution in [-0.2, 0) is 4.79 Å². The molecular weight excluding hydrogens is 532 g/mol. The Bertz CT molecular complexity index is 1270. The van der Waals surface area contributed by atoms with Crippen LogP contribution in [0.4, 0.5) is 39.4 Å². The number of carbonyl (C=O) groups is 2. The number of carbonyl (C=O) groups excluding carboxylic acids is 2. The molecule has 3 rings (SSSR count). The maximum absolute atomic E-state index is 15.0. The lowest BCUT2D eigenvalue weighted by atomic mass is 10.0. The molecule has 12 heteroatoms. The van der Waals surface area contributed by atoms with Gasteiger partial charge in [-0.2, -0.15) is 0 Å². The fraction of sp³-hybridized carbons (Fsp3) is 0.200. The van der Waals surface area contributed by atoms with Gasteiger partial charge in [0.05, 0.1) is 11.4 Å². The fourth-order valence-electron chi connectivity index (χ4n) is 3.56. The minimum Gasteiger partial charge on any atom is -0.335 e. The molecule has 0 saturated carbocycles. The molecule has 0 aliphatic rings. The highest BCUT2D eigenvalue weighted by Gasteiger charge is 2.21. The smallest absolute Gasteiger partial charge is 0.319 e. The molecule has 6 nitrogen and oxygen atoms in total. The predicted octanol–water partition coefficient (Wildman–Crippen LogP) is 6.82. The van der Waals surface area contributed by atoms with Gasteiger partial charge in [0.1, 0.15) is 5.69 Å². The molecule has 0 saturated heterocycles. The lowest BCUT2D eigenvalue weighted by Crippen LogP contribution is -2.39. The number of anilines is 3. The first-order valence-corrected chi connectivity index (χ1v) is 12.6. The molecule has 3 amide bonds. The van der Waals surface area contributed by atoms with Crippen molar-refractivity contribution < 1.29 is 27.2 Å². The summed E-state index contributed by atoms with van der Waals surface area (Å²) in [5, 5.41) is 4.37. The fourth-order valence-corrected chi connectivity index (χ4v) is 4.15. The van der Waals surface area contributed by atoms with Crippen molar-refractivity contribution in [3.63, 3.8) is 0 Å². The third-order valence-corrected chi connectivity index (χ3v) is 6.00. The Balaban J connectivity index is 1.68. The molecule has 0 fully saturated rings. The van der Waals surface area contributed by atoms with E-state index in [1.165, 1.54) is 24.1 Å². The number of rotatable bonds is 10. The molecule has 0 bridgehead atoms. The summed E-state index contributed by atoms with van der Waals surface area (Å²) in [6, 6.07) is 9.72. The van der Waals surface area contributed by atoms with Crippen molar-refractivity contribution in [2.45, 2.75) is 19.4 Å². The number of urea groups is 1. The van der Waals surface area contributed by atoms with Crippen molar-refractivity contribution in [2.75, 3.05) is 27.7 Å². The molecule has 3 N–H and O–H groups in total. The van der Waals surface area contributed by atoms with Gasteiger partial charge in [0, 0.05) is 35.0 Å². The maximum Gasteiger partial charge on any atom is 0.319 e. The van der Waals surface area contributed by atoms with Crippen LogP contribution < -0.4 is 20.3 Å². The zero-order valence-corrected chi connectivity index (χ0v) is 21.3. The summed E-state index contributed by atoms with van der Waals surface area (Å²) in [6.07, 6.45) is 2.28. The number of hydrogen-bond donors (Lipinski definition) is 3. The summed E-state index contributed by atoms with van der Waals surface area (Å²) < 4.78 is 60.8. The number of amides is 3. The maximum atomic E-state index is 15.0. The molecule has 1 atom stereocenters. The SMILES string of the molecule is CSNc1ccccc1-c1ccc(N(C=O)CCC(C)NC(=O)Nc2c(F)cc(Cl)cc2F)c(F)c1F. The normalized spacial score (nSPS) is 11.5. The van der Waals surface area contributed by atoms with Crippen molar-refractivity contribution >= 4 is 53.1 Å². The molecule has 3 aromatic rings. The van der Waals surface area contributed by atoms with Gasteiger partial charge in [-0.15, -0.1) is 0 Å². The number of hydrogen-bond acceptors (Lipinski definition) is 4. The monoisotopic (exact) mass is 554 g/mol. The number of nitrogens with zero attached hydrogens (tertiary/aromatic N) is 1. The molecule has 0 aromatic heterocycles. The van der Waals surface area contributed by atoms with Crippen molar-refractivity contribution in [3.8, 4) is 11.1 Å². The van der Waals surface area contributed by atoms with E-state index in [-0.39, 0.29) is 29.2 Å². The second-order valence-electron chi connectivity index (χ2n) is 7.94. The predicted molar refractivity (Wildman–Crippen MR) is 140 cm³/mol. The topological polar surface area (TPSA) is 73.5 Å². The quantitative estimate of drug-likeness (QED) is 0.146. The highest BCUT2D eigenvalue weighted by atomic mass is 35.5. The Morgan fingerprint density at radius 2 is 1.73 bits per heavy atom. The standard InChI is InChI=1S/C25H23ClF4N4O2S/c1-14(31-25(36)32-24-18(27)11-15(26)12-19(24)28)9-10-34(13-35)21-8-7-17(22(29)23(21)30)16-5-3-4-6-20(16)33-37-2/h3-8,11-14,33H,9-10H2,1-2H3,(H2,31,32,36). The van der Waals surface area contributed by atoms with Crippen LogP contribution in [0.15, 0.2) is 48.5 Å². The first kappa shape index (κ1) is 28.1. The van der Waals surface area contributed by atoms with Crippen LogP contribution in [0, 0.1) is 23.3 Å². The number of nitrogens with one attached hydrogen (secondary N) is 3. The molecule has 0 aliphatic carbocycles. The Morgan fingerprint density at radius 1 is 1.05 bits per heavy atom. The highest BCUT2D eigenvalue weighted by molar-refractivity contribution is 7.99. The van der Waals surface area contributed by atoms with Gasteiger partial charge in [-0.25, -0.2) is 22.4 Å². The van der Waals surface area contributed by atoms with Crippen LogP contribution in [-0.4, -0.2) is 31.3 Å². The number of benzene rings is 3. The van der Waals surface area contributed by atoms with Gasteiger partial charge in [0.25, 0.3) is 0 Å². The second kappa shape index (κ2) is 12.7. The van der Waals surface area contributed by atoms with Gasteiger partial charge >= 0.3 is 6.03 Å². The molecule has 0 aliphatic heterocycles. The van der Waals surface area contributed by atoms with Crippen molar-refractivity contribution in [3.05, 3.63) is 76.8 Å². The molecule has 0 radical (unpaired) electrons. The summed E-state index contributed by atoms with van der Waals surface area (Å²) in [7, 11) is 0. The summed E-state index contributed by atoms with van der Waals surface area (Å²) in [6.45, 7) is 1.50. The average molecular weight is 555 g/mol. The Kier molecular flexibility index (Phi) is 9.65. The summed E-state index contributed by atoms with van der Waals surface area (Å²) >= 11 is 6.87. The van der Waals surface area contributed by atoms with E-state index in [4.69, 9.17) is 11.6 Å². The van der Waals surface area contributed by atoms with Crippen molar-refractivity contribution in [2.24, 2.45) is 0 Å². The molecule has 1 unspecified atom stereocenters. The molecule has 196 valence electrons. The van der Waals surface area contributed by atoms with Gasteiger partial charge in [-0.05, 0) is 43.7 Å². The number of halogens is 5. The van der Waals surface area contributed by atoms with E-state index >= 15 is 8.78 Å². The minimum atomic E-state index is -1.20. The van der Waals surface area contributed by atoms with E-state index in [0.29, 0.717) is 17.7 Å². The average Bonchev–Trinajstić information content (AvgIpc) is 2.85. The zero-order chi connectivity index (χ0) is 27.1. The van der Waals surface area contributed by atoms with Gasteiger partial charge in [-0.1, -0.05) is 41.7 Å². The van der Waals surface area contributed by atoms with Crippen molar-refractivity contribution in [1.82, 2.24) is 5.32 Å². The molecule has 0 heterocycles. The van der Waals surface area contributed by atoms with Crippen LogP contribution in [0.5, 0.6) is 0 Å². The zero-order valence-electron chi connectivity index (χ0n) is 19.7. The van der Waals surface area contributed by atoms with Crippen molar-refractivity contribution in [1.29, 1.82) is 0 Å². The minimum absolute atomic E-state index is 0.0256. The Labute approximate surface area is 220 Å². The first-order chi connectivity index (χ1) is 17.7. The van der Waals surface area contributed by atoms with Crippen LogP contribution in [0.3, 0.4) is 0 Å². The largest absolute Gasteiger partial charge is 0.335 e. The van der Waals surface area contributed by atoms with E-state index in [0.717, 1.165) is 17.0 Å². The third-order valence-electron chi connectivity index (χ3n) is 5.35. The second-order valence-corrected chi connectivity index (χ2v) is 8.99. The molecule has 37 heavy (non-hydrogen) atoms. The van der Waals surface area contributed by atoms with E-state index in [1.807, 2.05) is 0 Å². The summed E-state index contributed by atoms with van der Waals surface area (Å²) in [5.74, 6) is -4.41. The van der Waals surface area contributed by atoms with E-state index in [9.17, 15) is 18.4 Å². The van der Waals surface area contributed by atoms with E-state index in [1.54, 1.807) is 37.4 Å². The van der Waals surface area contributed by atoms with Gasteiger partial charge in [0.15, 0.2) is 23.3 Å². The van der Waals surface area contributed by atoms with Crippen LogP contribution >= 0.6 is 23.5 Å². The van der Waals surface area contributed by atoms with Gasteiger partial charge in [0.2, 0.25) is 6.41 Å². The third kappa shape index (κ3) is 6.86. The van der Waals surface area contributed by atoms with Crippen LogP contribution in [0.25, 0.3) is 11.1 Å².